The Morgan fingerprint density at radius 3 is 2.58 bits per heavy atom. The SMILES string of the molecule is CCc1cc(CNS(=O)(=O)C2CCCCCC2)on1. The number of hydrogen-bond donors (Lipinski definition) is 1. The fraction of sp³-hybridized carbons (Fsp3) is 0.769. The molecule has 6 heteroatoms. The summed E-state index contributed by atoms with van der Waals surface area (Å²) in [6, 6.07) is 1.80. The number of hydrogen-bond acceptors (Lipinski definition) is 4. The normalized spacial score (nSPS) is 18.4. The molecule has 1 heterocycles. The van der Waals surface area contributed by atoms with E-state index in [1.807, 2.05) is 6.92 Å². The molecule has 1 aliphatic carbocycles. The third-order valence-electron chi connectivity index (χ3n) is 3.66. The Morgan fingerprint density at radius 1 is 1.32 bits per heavy atom. The van der Waals surface area contributed by atoms with Crippen LogP contribution in [0.3, 0.4) is 0 Å². The first-order valence-corrected chi connectivity index (χ1v) is 8.59. The molecule has 0 amide bonds. The van der Waals surface area contributed by atoms with Crippen molar-refractivity contribution in [3.05, 3.63) is 17.5 Å². The van der Waals surface area contributed by atoms with Crippen molar-refractivity contribution in [2.75, 3.05) is 0 Å². The van der Waals surface area contributed by atoms with Crippen molar-refractivity contribution < 1.29 is 12.9 Å². The monoisotopic (exact) mass is 286 g/mol. The predicted octanol–water partition coefficient (Wildman–Crippen LogP) is 2.38. The molecule has 5 nitrogen and oxygen atoms in total. The standard InChI is InChI=1S/C13H22N2O3S/c1-2-11-9-12(18-15-11)10-14-19(16,17)13-7-5-3-4-6-8-13/h9,13-14H,2-8,10H2,1H3. The first-order valence-electron chi connectivity index (χ1n) is 7.05. The number of sulfonamides is 1. The summed E-state index contributed by atoms with van der Waals surface area (Å²) in [6.07, 6.45) is 6.64. The van der Waals surface area contributed by atoms with E-state index in [1.54, 1.807) is 6.07 Å². The number of nitrogens with one attached hydrogen (secondary N) is 1. The van der Waals surface area contributed by atoms with Crippen LogP contribution in [0.4, 0.5) is 0 Å². The molecule has 1 aromatic heterocycles. The second-order valence-electron chi connectivity index (χ2n) is 5.12. The first-order chi connectivity index (χ1) is 9.12. The fourth-order valence-corrected chi connectivity index (χ4v) is 3.98. The van der Waals surface area contributed by atoms with Gasteiger partial charge in [0.25, 0.3) is 0 Å². The van der Waals surface area contributed by atoms with E-state index in [4.69, 9.17) is 4.52 Å². The van der Waals surface area contributed by atoms with Crippen molar-refractivity contribution in [2.24, 2.45) is 0 Å². The van der Waals surface area contributed by atoms with Crippen LogP contribution in [-0.2, 0) is 23.0 Å². The number of rotatable bonds is 5. The van der Waals surface area contributed by atoms with Gasteiger partial charge in [0.05, 0.1) is 17.5 Å². The lowest BCUT2D eigenvalue weighted by Gasteiger charge is -2.15. The van der Waals surface area contributed by atoms with E-state index in [0.29, 0.717) is 5.76 Å². The van der Waals surface area contributed by atoms with Gasteiger partial charge < -0.3 is 4.52 Å². The molecule has 0 radical (unpaired) electrons. The summed E-state index contributed by atoms with van der Waals surface area (Å²) in [5.41, 5.74) is 0.851. The molecule has 0 aromatic carbocycles. The highest BCUT2D eigenvalue weighted by Crippen LogP contribution is 2.22. The van der Waals surface area contributed by atoms with Gasteiger partial charge in [0.1, 0.15) is 0 Å². The van der Waals surface area contributed by atoms with Crippen LogP contribution >= 0.6 is 0 Å². The smallest absolute Gasteiger partial charge is 0.214 e. The molecule has 19 heavy (non-hydrogen) atoms. The Kier molecular flexibility index (Phi) is 4.99. The van der Waals surface area contributed by atoms with Gasteiger partial charge in [-0.15, -0.1) is 0 Å². The topological polar surface area (TPSA) is 72.2 Å². The minimum absolute atomic E-state index is 0.200. The third-order valence-corrected chi connectivity index (χ3v) is 5.55. The minimum atomic E-state index is -3.24. The van der Waals surface area contributed by atoms with Crippen LogP contribution in [0.15, 0.2) is 10.6 Å². The van der Waals surface area contributed by atoms with Crippen molar-refractivity contribution in [3.8, 4) is 0 Å². The third kappa shape index (κ3) is 4.04. The zero-order valence-electron chi connectivity index (χ0n) is 11.4. The lowest BCUT2D eigenvalue weighted by atomic mass is 10.2. The zero-order valence-corrected chi connectivity index (χ0v) is 12.2. The molecule has 1 aromatic rings. The van der Waals surface area contributed by atoms with Crippen molar-refractivity contribution in [2.45, 2.75) is 63.7 Å². The predicted molar refractivity (Wildman–Crippen MR) is 73.1 cm³/mol. The van der Waals surface area contributed by atoms with Gasteiger partial charge >= 0.3 is 0 Å². The summed E-state index contributed by atoms with van der Waals surface area (Å²) >= 11 is 0. The summed E-state index contributed by atoms with van der Waals surface area (Å²) in [7, 11) is -3.24. The van der Waals surface area contributed by atoms with E-state index in [0.717, 1.165) is 50.6 Å². The molecular formula is C13H22N2O3S. The van der Waals surface area contributed by atoms with Crippen LogP contribution in [0.1, 0.15) is 56.9 Å². The molecule has 0 aliphatic heterocycles. The van der Waals surface area contributed by atoms with Gasteiger partial charge in [0.15, 0.2) is 5.76 Å². The van der Waals surface area contributed by atoms with E-state index in [-0.39, 0.29) is 11.8 Å². The van der Waals surface area contributed by atoms with Crippen LogP contribution in [0.2, 0.25) is 0 Å². The average Bonchev–Trinajstić information content (AvgIpc) is 2.67. The summed E-state index contributed by atoms with van der Waals surface area (Å²) in [6.45, 7) is 2.18. The second kappa shape index (κ2) is 6.52. The number of nitrogens with zero attached hydrogens (tertiary/aromatic N) is 1. The molecule has 0 bridgehead atoms. The van der Waals surface area contributed by atoms with Gasteiger partial charge in [-0.3, -0.25) is 0 Å². The maximum absolute atomic E-state index is 12.2. The lowest BCUT2D eigenvalue weighted by molar-refractivity contribution is 0.374. The van der Waals surface area contributed by atoms with Crippen molar-refractivity contribution >= 4 is 10.0 Å². The molecule has 0 unspecified atom stereocenters. The van der Waals surface area contributed by atoms with Crippen molar-refractivity contribution in [3.63, 3.8) is 0 Å². The molecular weight excluding hydrogens is 264 g/mol. The summed E-state index contributed by atoms with van der Waals surface area (Å²) in [5, 5.41) is 3.61. The zero-order chi connectivity index (χ0) is 13.7. The summed E-state index contributed by atoms with van der Waals surface area (Å²) in [4.78, 5) is 0. The van der Waals surface area contributed by atoms with E-state index in [1.165, 1.54) is 0 Å². The largest absolute Gasteiger partial charge is 0.360 e. The Morgan fingerprint density at radius 2 is 2.00 bits per heavy atom. The van der Waals surface area contributed by atoms with Crippen LogP contribution in [0.5, 0.6) is 0 Å². The molecule has 2 rings (SSSR count). The molecule has 1 fully saturated rings. The minimum Gasteiger partial charge on any atom is -0.360 e. The maximum Gasteiger partial charge on any atom is 0.214 e. The average molecular weight is 286 g/mol. The highest BCUT2D eigenvalue weighted by Gasteiger charge is 2.26. The second-order valence-corrected chi connectivity index (χ2v) is 7.16. The van der Waals surface area contributed by atoms with Crippen LogP contribution in [-0.4, -0.2) is 18.8 Å². The van der Waals surface area contributed by atoms with E-state index >= 15 is 0 Å². The molecule has 108 valence electrons. The van der Waals surface area contributed by atoms with Crippen molar-refractivity contribution in [1.29, 1.82) is 0 Å². The van der Waals surface area contributed by atoms with Gasteiger partial charge in [-0.1, -0.05) is 37.8 Å². The van der Waals surface area contributed by atoms with Crippen LogP contribution in [0, 0.1) is 0 Å². The quantitative estimate of drug-likeness (QED) is 0.843. The molecule has 1 saturated carbocycles. The van der Waals surface area contributed by atoms with E-state index < -0.39 is 10.0 Å². The lowest BCUT2D eigenvalue weighted by Crippen LogP contribution is -2.33. The van der Waals surface area contributed by atoms with E-state index in [2.05, 4.69) is 9.88 Å². The van der Waals surface area contributed by atoms with E-state index in [9.17, 15) is 8.42 Å². The van der Waals surface area contributed by atoms with Gasteiger partial charge in [-0.05, 0) is 19.3 Å². The Bertz CT molecular complexity index is 488. The highest BCUT2D eigenvalue weighted by molar-refractivity contribution is 7.90. The first kappa shape index (κ1) is 14.5. The van der Waals surface area contributed by atoms with Gasteiger partial charge in [0.2, 0.25) is 10.0 Å². The maximum atomic E-state index is 12.2. The summed E-state index contributed by atoms with van der Waals surface area (Å²) < 4.78 is 32.2. The Balaban J connectivity index is 1.92. The Labute approximate surface area is 114 Å². The molecule has 1 aliphatic rings. The Hall–Kier alpha value is -0.880. The van der Waals surface area contributed by atoms with Gasteiger partial charge in [0, 0.05) is 6.07 Å². The fourth-order valence-electron chi connectivity index (χ4n) is 2.45. The van der Waals surface area contributed by atoms with Crippen LogP contribution in [0.25, 0.3) is 0 Å². The van der Waals surface area contributed by atoms with Gasteiger partial charge in [-0.25, -0.2) is 13.1 Å². The van der Waals surface area contributed by atoms with Crippen LogP contribution < -0.4 is 4.72 Å². The molecule has 0 saturated heterocycles. The molecule has 1 N–H and O–H groups in total. The van der Waals surface area contributed by atoms with Gasteiger partial charge in [-0.2, -0.15) is 0 Å². The summed E-state index contributed by atoms with van der Waals surface area (Å²) in [5.74, 6) is 0.578. The highest BCUT2D eigenvalue weighted by atomic mass is 32.2. The number of aromatic nitrogens is 1. The van der Waals surface area contributed by atoms with Crippen molar-refractivity contribution in [1.82, 2.24) is 9.88 Å². The number of aryl methyl sites for hydroxylation is 1. The molecule has 0 spiro atoms. The molecule has 0 atom stereocenters.